The van der Waals surface area contributed by atoms with Gasteiger partial charge in [0.25, 0.3) is 11.6 Å². The fourth-order valence-electron chi connectivity index (χ4n) is 1.95. The number of nitrogens with zero attached hydrogens (tertiary/aromatic N) is 2. The van der Waals surface area contributed by atoms with Crippen LogP contribution in [0.1, 0.15) is 18.1 Å². The summed E-state index contributed by atoms with van der Waals surface area (Å²) in [5, 5.41) is 17.6. The normalized spacial score (nSPS) is 11.9. The maximum Gasteiger partial charge on any atom is 0.270 e. The molecular weight excluding hydrogens is 308 g/mol. The molecule has 7 nitrogen and oxygen atoms in total. The first kappa shape index (κ1) is 17.1. The number of benzene rings is 2. The average molecular weight is 326 g/mol. The van der Waals surface area contributed by atoms with Crippen LogP contribution in [0.4, 0.5) is 11.4 Å². The molecule has 0 aliphatic heterocycles. The molecule has 24 heavy (non-hydrogen) atoms. The van der Waals surface area contributed by atoms with Crippen LogP contribution in [0.5, 0.6) is 0 Å². The zero-order valence-corrected chi connectivity index (χ0v) is 13.4. The van der Waals surface area contributed by atoms with Gasteiger partial charge >= 0.3 is 0 Å². The predicted octanol–water partition coefficient (Wildman–Crippen LogP) is 2.85. The number of amides is 1. The van der Waals surface area contributed by atoms with Crippen molar-refractivity contribution in [3.8, 4) is 0 Å². The first-order chi connectivity index (χ1) is 11.5. The Morgan fingerprint density at radius 3 is 2.62 bits per heavy atom. The van der Waals surface area contributed by atoms with Crippen LogP contribution in [0.2, 0.25) is 0 Å². The minimum Gasteiger partial charge on any atom is -0.374 e. The summed E-state index contributed by atoms with van der Waals surface area (Å²) in [6.45, 7) is 3.71. The number of carbonyl (C=O) groups excluding carboxylic acids is 1. The van der Waals surface area contributed by atoms with E-state index in [1.54, 1.807) is 19.1 Å². The number of nitro groups is 1. The summed E-state index contributed by atoms with van der Waals surface area (Å²) >= 11 is 0. The Morgan fingerprint density at radius 1 is 1.25 bits per heavy atom. The highest BCUT2D eigenvalue weighted by Gasteiger charge is 2.11. The second kappa shape index (κ2) is 7.87. The molecule has 2 aromatic carbocycles. The van der Waals surface area contributed by atoms with E-state index in [1.807, 2.05) is 31.2 Å². The summed E-state index contributed by atoms with van der Waals surface area (Å²) < 4.78 is 0. The molecule has 1 amide bonds. The number of aryl methyl sites for hydroxylation is 1. The third-order valence-electron chi connectivity index (χ3n) is 3.30. The van der Waals surface area contributed by atoms with Crippen LogP contribution in [0.15, 0.2) is 53.6 Å². The number of rotatable bonds is 6. The first-order valence-corrected chi connectivity index (χ1v) is 7.36. The molecule has 2 aromatic rings. The van der Waals surface area contributed by atoms with E-state index in [0.717, 1.165) is 11.3 Å². The molecule has 0 unspecified atom stereocenters. The number of anilines is 1. The summed E-state index contributed by atoms with van der Waals surface area (Å²) in [4.78, 5) is 22.2. The summed E-state index contributed by atoms with van der Waals surface area (Å²) in [6.07, 6.45) is 1.36. The van der Waals surface area contributed by atoms with Crippen LogP contribution in [-0.2, 0) is 4.79 Å². The molecule has 1 atom stereocenters. The fourth-order valence-corrected chi connectivity index (χ4v) is 1.95. The van der Waals surface area contributed by atoms with Crippen molar-refractivity contribution in [3.63, 3.8) is 0 Å². The van der Waals surface area contributed by atoms with Crippen molar-refractivity contribution in [2.75, 3.05) is 5.32 Å². The monoisotopic (exact) mass is 326 g/mol. The van der Waals surface area contributed by atoms with E-state index in [0.29, 0.717) is 5.56 Å². The van der Waals surface area contributed by atoms with E-state index in [1.165, 1.54) is 18.3 Å². The Morgan fingerprint density at radius 2 is 1.96 bits per heavy atom. The zero-order valence-electron chi connectivity index (χ0n) is 13.4. The van der Waals surface area contributed by atoms with Gasteiger partial charge < -0.3 is 5.32 Å². The standard InChI is InChI=1S/C17H18N4O3/c1-12-6-8-15(9-7-12)19-13(2)17(22)20-18-11-14-4-3-5-16(10-14)21(23)24/h3-11,13,19H,1-2H3,(H,20,22)/b18-11-/t13-/m1/s1. The van der Waals surface area contributed by atoms with E-state index in [4.69, 9.17) is 0 Å². The van der Waals surface area contributed by atoms with Gasteiger partial charge in [-0.05, 0) is 26.0 Å². The summed E-state index contributed by atoms with van der Waals surface area (Å²) in [6, 6.07) is 13.2. The highest BCUT2D eigenvalue weighted by molar-refractivity contribution is 5.86. The van der Waals surface area contributed by atoms with E-state index in [9.17, 15) is 14.9 Å². The van der Waals surface area contributed by atoms with Crippen molar-refractivity contribution in [1.82, 2.24) is 5.43 Å². The molecule has 0 aromatic heterocycles. The number of hydrogen-bond donors (Lipinski definition) is 2. The van der Waals surface area contributed by atoms with Gasteiger partial charge in [-0.1, -0.05) is 29.8 Å². The second-order valence-corrected chi connectivity index (χ2v) is 5.32. The number of nitrogens with one attached hydrogen (secondary N) is 2. The number of non-ortho nitro benzene ring substituents is 1. The van der Waals surface area contributed by atoms with Crippen LogP contribution in [0, 0.1) is 17.0 Å². The lowest BCUT2D eigenvalue weighted by atomic mass is 10.2. The third-order valence-corrected chi connectivity index (χ3v) is 3.30. The predicted molar refractivity (Wildman–Crippen MR) is 93.1 cm³/mol. The lowest BCUT2D eigenvalue weighted by Gasteiger charge is -2.13. The summed E-state index contributed by atoms with van der Waals surface area (Å²) in [7, 11) is 0. The number of carbonyl (C=O) groups is 1. The maximum atomic E-state index is 12.0. The highest BCUT2D eigenvalue weighted by atomic mass is 16.6. The lowest BCUT2D eigenvalue weighted by Crippen LogP contribution is -2.34. The third kappa shape index (κ3) is 4.91. The van der Waals surface area contributed by atoms with Gasteiger partial charge in [0.2, 0.25) is 0 Å². The Bertz CT molecular complexity index is 757. The molecule has 0 aliphatic rings. The summed E-state index contributed by atoms with van der Waals surface area (Å²) in [5.41, 5.74) is 4.89. The molecule has 0 heterocycles. The minimum atomic E-state index is -0.483. The smallest absolute Gasteiger partial charge is 0.270 e. The van der Waals surface area contributed by atoms with Gasteiger partial charge in [-0.25, -0.2) is 5.43 Å². The second-order valence-electron chi connectivity index (χ2n) is 5.32. The van der Waals surface area contributed by atoms with Gasteiger partial charge in [-0.15, -0.1) is 0 Å². The SMILES string of the molecule is Cc1ccc(N[C@H](C)C(=O)N/N=C\c2cccc([N+](=O)[O-])c2)cc1. The van der Waals surface area contributed by atoms with Gasteiger partial charge in [0.05, 0.1) is 11.1 Å². The molecule has 2 rings (SSSR count). The van der Waals surface area contributed by atoms with E-state index < -0.39 is 11.0 Å². The van der Waals surface area contributed by atoms with E-state index in [-0.39, 0.29) is 11.6 Å². The quantitative estimate of drug-likeness (QED) is 0.484. The minimum absolute atomic E-state index is 0.0281. The van der Waals surface area contributed by atoms with Gasteiger partial charge in [0.15, 0.2) is 0 Å². The molecular formula is C17H18N4O3. The van der Waals surface area contributed by atoms with Crippen LogP contribution >= 0.6 is 0 Å². The number of nitro benzene ring substituents is 1. The van der Waals surface area contributed by atoms with Gasteiger partial charge in [0, 0.05) is 23.4 Å². The lowest BCUT2D eigenvalue weighted by molar-refractivity contribution is -0.384. The Hall–Kier alpha value is -3.22. The Kier molecular flexibility index (Phi) is 5.62. The molecule has 2 N–H and O–H groups in total. The number of hydrogen-bond acceptors (Lipinski definition) is 5. The van der Waals surface area contributed by atoms with E-state index >= 15 is 0 Å². The molecule has 124 valence electrons. The number of hydrazone groups is 1. The van der Waals surface area contributed by atoms with Crippen LogP contribution in [-0.4, -0.2) is 23.1 Å². The molecule has 0 aliphatic carbocycles. The van der Waals surface area contributed by atoms with Gasteiger partial charge in [0.1, 0.15) is 6.04 Å². The Labute approximate surface area is 139 Å². The van der Waals surface area contributed by atoms with Crippen LogP contribution in [0.25, 0.3) is 0 Å². The van der Waals surface area contributed by atoms with Crippen molar-refractivity contribution in [2.24, 2.45) is 5.10 Å². The van der Waals surface area contributed by atoms with Crippen LogP contribution in [0.3, 0.4) is 0 Å². The summed E-state index contributed by atoms with van der Waals surface area (Å²) in [5.74, 6) is -0.308. The molecule has 0 fully saturated rings. The van der Waals surface area contributed by atoms with Gasteiger partial charge in [-0.3, -0.25) is 14.9 Å². The largest absolute Gasteiger partial charge is 0.374 e. The van der Waals surface area contributed by atoms with Crippen molar-refractivity contribution >= 4 is 23.5 Å². The zero-order chi connectivity index (χ0) is 17.5. The molecule has 0 saturated carbocycles. The van der Waals surface area contributed by atoms with Gasteiger partial charge in [-0.2, -0.15) is 5.10 Å². The molecule has 0 radical (unpaired) electrons. The molecule has 7 heteroatoms. The highest BCUT2D eigenvalue weighted by Crippen LogP contribution is 2.12. The average Bonchev–Trinajstić information content (AvgIpc) is 2.57. The van der Waals surface area contributed by atoms with Crippen molar-refractivity contribution in [1.29, 1.82) is 0 Å². The fraction of sp³-hybridized carbons (Fsp3) is 0.176. The maximum absolute atomic E-state index is 12.0. The van der Waals surface area contributed by atoms with E-state index in [2.05, 4.69) is 15.8 Å². The van der Waals surface area contributed by atoms with Crippen LogP contribution < -0.4 is 10.7 Å². The van der Waals surface area contributed by atoms with Crippen molar-refractivity contribution in [3.05, 3.63) is 69.8 Å². The molecule has 0 saturated heterocycles. The first-order valence-electron chi connectivity index (χ1n) is 7.36. The Balaban J connectivity index is 1.90. The molecule has 0 bridgehead atoms. The molecule has 0 spiro atoms. The van der Waals surface area contributed by atoms with Crippen molar-refractivity contribution in [2.45, 2.75) is 19.9 Å². The van der Waals surface area contributed by atoms with Crippen molar-refractivity contribution < 1.29 is 9.72 Å². The topological polar surface area (TPSA) is 96.6 Å².